The summed E-state index contributed by atoms with van der Waals surface area (Å²) in [6.07, 6.45) is 0. The third-order valence-electron chi connectivity index (χ3n) is 1.10. The molecule has 1 aromatic rings. The number of carbonyl (C=O) groups excluding carboxylic acids is 1. The molecule has 0 N–H and O–H groups in total. The number of benzene rings is 1. The van der Waals surface area contributed by atoms with Crippen molar-refractivity contribution in [1.82, 2.24) is 0 Å². The third kappa shape index (κ3) is 2.40. The van der Waals surface area contributed by atoms with E-state index >= 15 is 0 Å². The van der Waals surface area contributed by atoms with Crippen LogP contribution < -0.4 is 0 Å². The van der Waals surface area contributed by atoms with Crippen LogP contribution in [-0.2, 0) is 22.4 Å². The fraction of sp³-hybridized carbons (Fsp3) is 0. The topological polar surface area (TPSA) is 17.1 Å². The molecule has 0 aliphatic rings. The second kappa shape index (κ2) is 4.34. The van der Waals surface area contributed by atoms with Crippen LogP contribution in [-0.4, -0.2) is 5.78 Å². The van der Waals surface area contributed by atoms with Gasteiger partial charge in [0.15, 0.2) is 0 Å². The summed E-state index contributed by atoms with van der Waals surface area (Å²) in [5, 5.41) is 0. The van der Waals surface area contributed by atoms with Crippen molar-refractivity contribution in [3.8, 4) is 0 Å². The van der Waals surface area contributed by atoms with E-state index in [0.717, 1.165) is 0 Å². The minimum atomic E-state index is -0.129. The molecule has 0 saturated heterocycles. The van der Waals surface area contributed by atoms with E-state index in [2.05, 4.69) is 6.92 Å². The SMILES string of the molecule is [Au+].[CH2-]C(=O)c1ccccc1. The Morgan fingerprint density at radius 3 is 2.00 bits per heavy atom. The monoisotopic (exact) mass is 316 g/mol. The van der Waals surface area contributed by atoms with E-state index in [1.54, 1.807) is 12.1 Å². The van der Waals surface area contributed by atoms with Crippen LogP contribution in [0.2, 0.25) is 0 Å². The van der Waals surface area contributed by atoms with Crippen LogP contribution in [0.5, 0.6) is 0 Å². The van der Waals surface area contributed by atoms with Gasteiger partial charge >= 0.3 is 22.4 Å². The molecule has 0 fully saturated rings. The van der Waals surface area contributed by atoms with E-state index in [1.807, 2.05) is 18.2 Å². The maximum atomic E-state index is 10.5. The van der Waals surface area contributed by atoms with Gasteiger partial charge < -0.3 is 4.79 Å². The standard InChI is InChI=1S/C8H7O.Au/c1-7(9)8-5-3-2-4-6-8;/h2-6H,1H2;/q-1;+1. The van der Waals surface area contributed by atoms with Gasteiger partial charge in [0.2, 0.25) is 0 Å². The Morgan fingerprint density at radius 2 is 1.70 bits per heavy atom. The average molecular weight is 316 g/mol. The van der Waals surface area contributed by atoms with Crippen molar-refractivity contribution in [3.05, 3.63) is 42.8 Å². The molecule has 0 spiro atoms. The summed E-state index contributed by atoms with van der Waals surface area (Å²) >= 11 is 0. The predicted octanol–water partition coefficient (Wildman–Crippen LogP) is 1.70. The third-order valence-corrected chi connectivity index (χ3v) is 1.10. The van der Waals surface area contributed by atoms with Gasteiger partial charge in [0.05, 0.1) is 0 Å². The Kier molecular flexibility index (Phi) is 4.12. The Bertz CT molecular complexity index is 206. The van der Waals surface area contributed by atoms with Crippen molar-refractivity contribution in [2.75, 3.05) is 0 Å². The average Bonchev–Trinajstić information content (AvgIpc) is 1.90. The summed E-state index contributed by atoms with van der Waals surface area (Å²) in [6.45, 7) is 3.27. The van der Waals surface area contributed by atoms with Crippen molar-refractivity contribution in [3.63, 3.8) is 0 Å². The largest absolute Gasteiger partial charge is 1.00 e. The summed E-state index contributed by atoms with van der Waals surface area (Å²) in [5.41, 5.74) is 0.664. The van der Waals surface area contributed by atoms with Crippen LogP contribution in [0.3, 0.4) is 0 Å². The summed E-state index contributed by atoms with van der Waals surface area (Å²) < 4.78 is 0. The van der Waals surface area contributed by atoms with E-state index in [4.69, 9.17) is 0 Å². The first-order valence-corrected chi connectivity index (χ1v) is 2.72. The van der Waals surface area contributed by atoms with Gasteiger partial charge in [-0.15, -0.1) is 17.7 Å². The first-order chi connectivity index (χ1) is 4.30. The number of hydrogen-bond donors (Lipinski definition) is 0. The number of rotatable bonds is 1. The number of ketones is 1. The maximum absolute atomic E-state index is 10.5. The van der Waals surface area contributed by atoms with Crippen molar-refractivity contribution in [2.24, 2.45) is 0 Å². The van der Waals surface area contributed by atoms with Crippen molar-refractivity contribution < 1.29 is 27.2 Å². The van der Waals surface area contributed by atoms with Crippen LogP contribution in [0.4, 0.5) is 0 Å². The molecule has 0 aromatic heterocycles. The molecule has 0 bridgehead atoms. The Balaban J connectivity index is 0.000000810. The molecule has 0 amide bonds. The molecule has 0 unspecified atom stereocenters. The maximum Gasteiger partial charge on any atom is 1.00 e. The summed E-state index contributed by atoms with van der Waals surface area (Å²) in [7, 11) is 0. The summed E-state index contributed by atoms with van der Waals surface area (Å²) in [5.74, 6) is -0.129. The van der Waals surface area contributed by atoms with Crippen LogP contribution in [0.15, 0.2) is 30.3 Å². The van der Waals surface area contributed by atoms with Crippen LogP contribution in [0, 0.1) is 6.92 Å². The minimum Gasteiger partial charge on any atom is -0.332 e. The van der Waals surface area contributed by atoms with E-state index in [-0.39, 0.29) is 28.2 Å². The summed E-state index contributed by atoms with van der Waals surface area (Å²) in [4.78, 5) is 10.5. The number of carbonyl (C=O) groups is 1. The van der Waals surface area contributed by atoms with Crippen LogP contribution >= 0.6 is 0 Å². The van der Waals surface area contributed by atoms with Gasteiger partial charge in [-0.3, -0.25) is 0 Å². The fourth-order valence-electron chi connectivity index (χ4n) is 0.624. The molecule has 2 heteroatoms. The quantitative estimate of drug-likeness (QED) is 0.438. The number of Topliss-reactive ketones (excluding diaryl/α,β-unsaturated/α-hetero) is 1. The van der Waals surface area contributed by atoms with E-state index in [9.17, 15) is 4.79 Å². The zero-order chi connectivity index (χ0) is 6.69. The first-order valence-electron chi connectivity index (χ1n) is 2.72. The predicted molar refractivity (Wildman–Crippen MR) is 36.1 cm³/mol. The van der Waals surface area contributed by atoms with Crippen LogP contribution in [0.25, 0.3) is 0 Å². The first kappa shape index (κ1) is 9.50. The van der Waals surface area contributed by atoms with Gasteiger partial charge in [-0.25, -0.2) is 0 Å². The molecule has 10 heavy (non-hydrogen) atoms. The zero-order valence-electron chi connectivity index (χ0n) is 5.30. The second-order valence-corrected chi connectivity index (χ2v) is 1.79. The van der Waals surface area contributed by atoms with Crippen molar-refractivity contribution in [1.29, 1.82) is 0 Å². The molecule has 1 aromatic carbocycles. The molecule has 0 atom stereocenters. The molecule has 0 saturated carbocycles. The van der Waals surface area contributed by atoms with Gasteiger partial charge in [0.25, 0.3) is 0 Å². The normalized spacial score (nSPS) is 8.00. The van der Waals surface area contributed by atoms with Crippen LogP contribution in [0.1, 0.15) is 10.4 Å². The second-order valence-electron chi connectivity index (χ2n) is 1.79. The molecule has 1 nitrogen and oxygen atoms in total. The summed E-state index contributed by atoms with van der Waals surface area (Å²) in [6, 6.07) is 8.99. The van der Waals surface area contributed by atoms with Gasteiger partial charge in [-0.05, 0) is 0 Å². The number of hydrogen-bond acceptors (Lipinski definition) is 1. The molecule has 56 valence electrons. The van der Waals surface area contributed by atoms with E-state index in [1.165, 1.54) is 0 Å². The minimum absolute atomic E-state index is 0. The van der Waals surface area contributed by atoms with Crippen molar-refractivity contribution in [2.45, 2.75) is 0 Å². The molecule has 0 aliphatic carbocycles. The molecule has 1 rings (SSSR count). The molecule has 0 aliphatic heterocycles. The smallest absolute Gasteiger partial charge is 0.332 e. The van der Waals surface area contributed by atoms with Gasteiger partial charge in [-0.2, -0.15) is 6.92 Å². The fourth-order valence-corrected chi connectivity index (χ4v) is 0.624. The molecule has 0 radical (unpaired) electrons. The van der Waals surface area contributed by atoms with Crippen molar-refractivity contribution >= 4 is 5.78 Å². The molecular formula is C8H7AuO. The molecule has 0 heterocycles. The Morgan fingerprint density at radius 1 is 1.20 bits per heavy atom. The Labute approximate surface area is 76.0 Å². The van der Waals surface area contributed by atoms with E-state index < -0.39 is 0 Å². The zero-order valence-corrected chi connectivity index (χ0v) is 7.47. The van der Waals surface area contributed by atoms with Gasteiger partial charge in [0.1, 0.15) is 0 Å². The Hall–Kier alpha value is -0.500. The molecular weight excluding hydrogens is 309 g/mol. The van der Waals surface area contributed by atoms with E-state index in [0.29, 0.717) is 5.56 Å². The van der Waals surface area contributed by atoms with Gasteiger partial charge in [0, 0.05) is 5.78 Å². The van der Waals surface area contributed by atoms with Gasteiger partial charge in [-0.1, -0.05) is 18.2 Å².